The van der Waals surface area contributed by atoms with Crippen LogP contribution in [0, 0.1) is 0 Å². The molecule has 0 saturated heterocycles. The molecular weight excluding hydrogens is 176 g/mol. The smallest absolute Gasteiger partial charge is 0.196 e. The molecule has 1 rings (SSSR count). The van der Waals surface area contributed by atoms with Gasteiger partial charge in [0.25, 0.3) is 0 Å². The lowest BCUT2D eigenvalue weighted by Crippen LogP contribution is -2.18. The van der Waals surface area contributed by atoms with Crippen molar-refractivity contribution in [3.05, 3.63) is 17.8 Å². The summed E-state index contributed by atoms with van der Waals surface area (Å²) in [4.78, 5) is 6.68. The molecule has 1 aromatic rings. The van der Waals surface area contributed by atoms with Gasteiger partial charge in [0.15, 0.2) is 5.89 Å². The summed E-state index contributed by atoms with van der Waals surface area (Å²) in [7, 11) is 2.10. The maximum absolute atomic E-state index is 5.37. The van der Waals surface area contributed by atoms with Crippen LogP contribution in [-0.2, 0) is 6.54 Å². The number of hydrogen-bond acceptors (Lipinski definition) is 3. The quantitative estimate of drug-likeness (QED) is 0.725. The van der Waals surface area contributed by atoms with E-state index in [-0.39, 0.29) is 0 Å². The Morgan fingerprint density at radius 3 is 2.71 bits per heavy atom. The van der Waals surface area contributed by atoms with Gasteiger partial charge in [-0.05, 0) is 20.0 Å². The SMILES string of the molecule is CCCN(C)Cc1coc(C(C)C)n1. The summed E-state index contributed by atoms with van der Waals surface area (Å²) in [6.07, 6.45) is 2.94. The molecule has 0 unspecified atom stereocenters. The summed E-state index contributed by atoms with van der Waals surface area (Å²) >= 11 is 0. The van der Waals surface area contributed by atoms with Crippen molar-refractivity contribution in [3.63, 3.8) is 0 Å². The normalized spacial score (nSPS) is 11.6. The van der Waals surface area contributed by atoms with Crippen molar-refractivity contribution in [2.75, 3.05) is 13.6 Å². The van der Waals surface area contributed by atoms with Crippen LogP contribution in [-0.4, -0.2) is 23.5 Å². The van der Waals surface area contributed by atoms with Crippen molar-refractivity contribution < 1.29 is 4.42 Å². The highest BCUT2D eigenvalue weighted by molar-refractivity contribution is 4.98. The Morgan fingerprint density at radius 1 is 1.50 bits per heavy atom. The second-order valence-electron chi connectivity index (χ2n) is 4.07. The molecule has 0 aliphatic rings. The van der Waals surface area contributed by atoms with Crippen LogP contribution in [0.4, 0.5) is 0 Å². The van der Waals surface area contributed by atoms with Crippen LogP contribution in [0.5, 0.6) is 0 Å². The summed E-state index contributed by atoms with van der Waals surface area (Å²) in [5.74, 6) is 1.21. The third-order valence-corrected chi connectivity index (χ3v) is 2.10. The van der Waals surface area contributed by atoms with Gasteiger partial charge in [-0.1, -0.05) is 20.8 Å². The summed E-state index contributed by atoms with van der Waals surface area (Å²) in [6.45, 7) is 8.34. The lowest BCUT2D eigenvalue weighted by atomic mass is 10.2. The molecule has 0 radical (unpaired) electrons. The van der Waals surface area contributed by atoms with Crippen molar-refractivity contribution >= 4 is 0 Å². The highest BCUT2D eigenvalue weighted by Gasteiger charge is 2.08. The van der Waals surface area contributed by atoms with Crippen molar-refractivity contribution in [2.24, 2.45) is 0 Å². The van der Waals surface area contributed by atoms with Crippen LogP contribution in [0.15, 0.2) is 10.7 Å². The van der Waals surface area contributed by atoms with Gasteiger partial charge < -0.3 is 9.32 Å². The Bertz CT molecular complexity index is 268. The minimum absolute atomic E-state index is 0.375. The molecule has 0 bridgehead atoms. The zero-order chi connectivity index (χ0) is 10.6. The predicted octanol–water partition coefficient (Wildman–Crippen LogP) is 2.64. The fourth-order valence-electron chi connectivity index (χ4n) is 1.40. The van der Waals surface area contributed by atoms with E-state index in [1.807, 2.05) is 0 Å². The van der Waals surface area contributed by atoms with Gasteiger partial charge in [0.1, 0.15) is 6.26 Å². The zero-order valence-corrected chi connectivity index (χ0v) is 9.58. The van der Waals surface area contributed by atoms with E-state index in [4.69, 9.17) is 4.42 Å². The minimum atomic E-state index is 0.375. The highest BCUT2D eigenvalue weighted by Crippen LogP contribution is 2.13. The van der Waals surface area contributed by atoms with Gasteiger partial charge in [0, 0.05) is 12.5 Å². The van der Waals surface area contributed by atoms with Crippen LogP contribution in [0.3, 0.4) is 0 Å². The van der Waals surface area contributed by atoms with Crippen molar-refractivity contribution in [1.29, 1.82) is 0 Å². The predicted molar refractivity (Wildman–Crippen MR) is 57.2 cm³/mol. The summed E-state index contributed by atoms with van der Waals surface area (Å²) in [6, 6.07) is 0. The van der Waals surface area contributed by atoms with E-state index in [0.717, 1.165) is 24.7 Å². The maximum Gasteiger partial charge on any atom is 0.196 e. The molecule has 0 atom stereocenters. The standard InChI is InChI=1S/C11H20N2O/c1-5-6-13(4)7-10-8-14-11(12-10)9(2)3/h8-9H,5-7H2,1-4H3. The maximum atomic E-state index is 5.37. The van der Waals surface area contributed by atoms with E-state index in [1.165, 1.54) is 6.42 Å². The molecule has 80 valence electrons. The second kappa shape index (κ2) is 5.15. The lowest BCUT2D eigenvalue weighted by molar-refractivity contribution is 0.323. The number of nitrogens with zero attached hydrogens (tertiary/aromatic N) is 2. The Kier molecular flexibility index (Phi) is 4.14. The van der Waals surface area contributed by atoms with Gasteiger partial charge in [0.2, 0.25) is 0 Å². The molecule has 0 saturated carbocycles. The molecule has 0 aliphatic carbocycles. The van der Waals surface area contributed by atoms with Gasteiger partial charge in [-0.2, -0.15) is 0 Å². The van der Waals surface area contributed by atoms with Gasteiger partial charge in [-0.25, -0.2) is 4.98 Å². The molecule has 14 heavy (non-hydrogen) atoms. The molecule has 3 heteroatoms. The van der Waals surface area contributed by atoms with Crippen molar-refractivity contribution in [3.8, 4) is 0 Å². The lowest BCUT2D eigenvalue weighted by Gasteiger charge is -2.12. The number of hydrogen-bond donors (Lipinski definition) is 0. The van der Waals surface area contributed by atoms with Crippen LogP contribution in [0.2, 0.25) is 0 Å². The van der Waals surface area contributed by atoms with Crippen LogP contribution in [0.1, 0.15) is 44.7 Å². The molecule has 0 N–H and O–H groups in total. The van der Waals surface area contributed by atoms with Gasteiger partial charge in [0.05, 0.1) is 5.69 Å². The van der Waals surface area contributed by atoms with E-state index in [9.17, 15) is 0 Å². The largest absolute Gasteiger partial charge is 0.448 e. The molecule has 0 spiro atoms. The first-order valence-electron chi connectivity index (χ1n) is 5.26. The highest BCUT2D eigenvalue weighted by atomic mass is 16.3. The fraction of sp³-hybridized carbons (Fsp3) is 0.727. The number of oxazole rings is 1. The zero-order valence-electron chi connectivity index (χ0n) is 9.58. The Hall–Kier alpha value is -0.830. The second-order valence-corrected chi connectivity index (χ2v) is 4.07. The molecule has 0 amide bonds. The van der Waals surface area contributed by atoms with Crippen molar-refractivity contribution in [1.82, 2.24) is 9.88 Å². The monoisotopic (exact) mass is 196 g/mol. The van der Waals surface area contributed by atoms with E-state index < -0.39 is 0 Å². The Morgan fingerprint density at radius 2 is 2.21 bits per heavy atom. The third-order valence-electron chi connectivity index (χ3n) is 2.10. The van der Waals surface area contributed by atoms with Crippen LogP contribution < -0.4 is 0 Å². The van der Waals surface area contributed by atoms with Crippen molar-refractivity contribution in [2.45, 2.75) is 39.7 Å². The van der Waals surface area contributed by atoms with E-state index in [1.54, 1.807) is 6.26 Å². The van der Waals surface area contributed by atoms with E-state index >= 15 is 0 Å². The Labute approximate surface area is 86.1 Å². The molecule has 0 aromatic carbocycles. The molecular formula is C11H20N2O. The third kappa shape index (κ3) is 3.14. The molecule has 1 heterocycles. The topological polar surface area (TPSA) is 29.3 Å². The van der Waals surface area contributed by atoms with Gasteiger partial charge in [-0.3, -0.25) is 0 Å². The first-order chi connectivity index (χ1) is 6.63. The summed E-state index contributed by atoms with van der Waals surface area (Å²) in [5, 5.41) is 0. The minimum Gasteiger partial charge on any atom is -0.448 e. The first-order valence-corrected chi connectivity index (χ1v) is 5.26. The molecule has 1 aromatic heterocycles. The average molecular weight is 196 g/mol. The summed E-state index contributed by atoms with van der Waals surface area (Å²) < 4.78 is 5.37. The van der Waals surface area contributed by atoms with E-state index in [0.29, 0.717) is 5.92 Å². The van der Waals surface area contributed by atoms with Gasteiger partial charge in [-0.15, -0.1) is 0 Å². The average Bonchev–Trinajstić information content (AvgIpc) is 2.53. The molecule has 3 nitrogen and oxygen atoms in total. The Balaban J connectivity index is 2.51. The number of aromatic nitrogens is 1. The molecule has 0 fully saturated rings. The molecule has 0 aliphatic heterocycles. The number of rotatable bonds is 5. The summed E-state index contributed by atoms with van der Waals surface area (Å²) in [5.41, 5.74) is 1.03. The first kappa shape index (κ1) is 11.2. The van der Waals surface area contributed by atoms with Crippen LogP contribution >= 0.6 is 0 Å². The van der Waals surface area contributed by atoms with Crippen LogP contribution in [0.25, 0.3) is 0 Å². The fourth-order valence-corrected chi connectivity index (χ4v) is 1.40. The van der Waals surface area contributed by atoms with E-state index in [2.05, 4.69) is 37.7 Å². The van der Waals surface area contributed by atoms with Gasteiger partial charge >= 0.3 is 0 Å².